The number of hydrogen-bond donors (Lipinski definition) is 1. The van der Waals surface area contributed by atoms with E-state index in [1.54, 1.807) is 0 Å². The molecule has 9 heavy (non-hydrogen) atoms. The van der Waals surface area contributed by atoms with E-state index in [4.69, 9.17) is 0 Å². The van der Waals surface area contributed by atoms with Crippen LogP contribution in [-0.4, -0.2) is 11.9 Å². The molecule has 52 valence electrons. The number of carbonyl (C=O) groups excluding carboxylic acids is 1. The van der Waals surface area contributed by atoms with Crippen molar-refractivity contribution in [3.63, 3.8) is 0 Å². The maximum atomic E-state index is 10.4. The number of amides is 1. The summed E-state index contributed by atoms with van der Waals surface area (Å²) in [6.45, 7) is 6.41. The summed E-state index contributed by atoms with van der Waals surface area (Å²) in [7, 11) is 0. The molecule has 1 rings (SSSR count). The minimum atomic E-state index is 0.190. The third-order valence-corrected chi connectivity index (χ3v) is 1.77. The summed E-state index contributed by atoms with van der Waals surface area (Å²) in [6.07, 6.45) is 0.712. The standard InChI is InChI=1S/C7H13NO/c1-7(2,3)5-4-6(9)8-5/h5H,4H2,1-3H3,(H,8,9)/t5-/m1/s1. The van der Waals surface area contributed by atoms with Crippen LogP contribution in [0.1, 0.15) is 27.2 Å². The quantitative estimate of drug-likeness (QED) is 0.482. The number of β-lactam (4-membered cyclic amide) rings is 1. The predicted molar refractivity (Wildman–Crippen MR) is 36.0 cm³/mol. The molecule has 0 unspecified atom stereocenters. The number of hydrogen-bond acceptors (Lipinski definition) is 1. The van der Waals surface area contributed by atoms with Gasteiger partial charge in [0.1, 0.15) is 0 Å². The van der Waals surface area contributed by atoms with Gasteiger partial charge in [-0.1, -0.05) is 20.8 Å². The van der Waals surface area contributed by atoms with Gasteiger partial charge < -0.3 is 5.32 Å². The zero-order chi connectivity index (χ0) is 7.07. The third-order valence-electron chi connectivity index (χ3n) is 1.77. The van der Waals surface area contributed by atoms with E-state index in [9.17, 15) is 4.79 Å². The molecule has 1 N–H and O–H groups in total. The van der Waals surface area contributed by atoms with Crippen molar-refractivity contribution in [2.75, 3.05) is 0 Å². The van der Waals surface area contributed by atoms with Crippen molar-refractivity contribution in [2.24, 2.45) is 5.41 Å². The van der Waals surface area contributed by atoms with Gasteiger partial charge in [0, 0.05) is 12.5 Å². The second-order valence-electron chi connectivity index (χ2n) is 3.69. The SMILES string of the molecule is CC(C)(C)[C@H]1CC(=O)N1. The van der Waals surface area contributed by atoms with Crippen molar-refractivity contribution in [1.29, 1.82) is 0 Å². The lowest BCUT2D eigenvalue weighted by atomic mass is 9.81. The average Bonchev–Trinajstić information content (AvgIpc) is 1.55. The van der Waals surface area contributed by atoms with E-state index in [1.807, 2.05) is 0 Å². The fourth-order valence-corrected chi connectivity index (χ4v) is 0.881. The molecule has 0 aromatic heterocycles. The van der Waals surface area contributed by atoms with Crippen LogP contribution in [0.3, 0.4) is 0 Å². The highest BCUT2D eigenvalue weighted by molar-refractivity contribution is 5.83. The van der Waals surface area contributed by atoms with Crippen LogP contribution in [0.25, 0.3) is 0 Å². The minimum absolute atomic E-state index is 0.190. The van der Waals surface area contributed by atoms with E-state index in [1.165, 1.54) is 0 Å². The van der Waals surface area contributed by atoms with Crippen LogP contribution in [0.4, 0.5) is 0 Å². The fourth-order valence-electron chi connectivity index (χ4n) is 0.881. The lowest BCUT2D eigenvalue weighted by Gasteiger charge is -2.37. The van der Waals surface area contributed by atoms with Crippen LogP contribution in [0.5, 0.6) is 0 Å². The predicted octanol–water partition coefficient (Wildman–Crippen LogP) is 0.921. The number of rotatable bonds is 0. The molecule has 1 aliphatic rings. The Bertz CT molecular complexity index is 126. The van der Waals surface area contributed by atoms with Crippen molar-refractivity contribution >= 4 is 5.91 Å². The van der Waals surface area contributed by atoms with Gasteiger partial charge in [-0.2, -0.15) is 0 Å². The monoisotopic (exact) mass is 127 g/mol. The molecule has 0 bridgehead atoms. The highest BCUT2D eigenvalue weighted by Crippen LogP contribution is 2.26. The Hall–Kier alpha value is -0.530. The molecular formula is C7H13NO. The highest BCUT2D eigenvalue weighted by Gasteiger charge is 2.34. The lowest BCUT2D eigenvalue weighted by Crippen LogP contribution is -2.55. The van der Waals surface area contributed by atoms with Gasteiger partial charge in [0.25, 0.3) is 0 Å². The van der Waals surface area contributed by atoms with Crippen molar-refractivity contribution in [3.05, 3.63) is 0 Å². The molecule has 0 spiro atoms. The van der Waals surface area contributed by atoms with Crippen LogP contribution in [-0.2, 0) is 4.79 Å². The first-order chi connectivity index (χ1) is 4.00. The Labute approximate surface area is 55.6 Å². The Morgan fingerprint density at radius 2 is 2.00 bits per heavy atom. The summed E-state index contributed by atoms with van der Waals surface area (Å²) >= 11 is 0. The average molecular weight is 127 g/mol. The van der Waals surface area contributed by atoms with Crippen molar-refractivity contribution in [1.82, 2.24) is 5.32 Å². The highest BCUT2D eigenvalue weighted by atomic mass is 16.2. The van der Waals surface area contributed by atoms with Crippen LogP contribution in [0, 0.1) is 5.41 Å². The maximum Gasteiger partial charge on any atom is 0.222 e. The normalized spacial score (nSPS) is 27.0. The van der Waals surface area contributed by atoms with E-state index < -0.39 is 0 Å². The smallest absolute Gasteiger partial charge is 0.222 e. The molecule has 1 heterocycles. The van der Waals surface area contributed by atoms with Crippen molar-refractivity contribution < 1.29 is 4.79 Å². The zero-order valence-corrected chi connectivity index (χ0v) is 6.19. The van der Waals surface area contributed by atoms with E-state index in [2.05, 4.69) is 26.1 Å². The van der Waals surface area contributed by atoms with Crippen LogP contribution < -0.4 is 5.32 Å². The van der Waals surface area contributed by atoms with E-state index in [0.717, 1.165) is 0 Å². The number of carbonyl (C=O) groups is 1. The summed E-state index contributed by atoms with van der Waals surface area (Å²) in [5.74, 6) is 0.190. The molecule has 0 aromatic carbocycles. The first-order valence-electron chi connectivity index (χ1n) is 3.29. The van der Waals surface area contributed by atoms with Crippen LogP contribution in [0.2, 0.25) is 0 Å². The lowest BCUT2D eigenvalue weighted by molar-refractivity contribution is -0.130. The van der Waals surface area contributed by atoms with Gasteiger partial charge in [0.2, 0.25) is 5.91 Å². The van der Waals surface area contributed by atoms with Gasteiger partial charge in [-0.15, -0.1) is 0 Å². The first-order valence-corrected chi connectivity index (χ1v) is 3.29. The number of nitrogens with one attached hydrogen (secondary N) is 1. The van der Waals surface area contributed by atoms with Gasteiger partial charge in [-0.3, -0.25) is 4.79 Å². The zero-order valence-electron chi connectivity index (χ0n) is 6.19. The molecule has 0 aromatic rings. The summed E-state index contributed by atoms with van der Waals surface area (Å²) in [5, 5.41) is 2.84. The summed E-state index contributed by atoms with van der Waals surface area (Å²) in [5.41, 5.74) is 0.244. The Morgan fingerprint density at radius 1 is 1.56 bits per heavy atom. The van der Waals surface area contributed by atoms with Gasteiger partial charge in [-0.25, -0.2) is 0 Å². The second kappa shape index (κ2) is 1.72. The third kappa shape index (κ3) is 1.23. The van der Waals surface area contributed by atoms with Gasteiger partial charge >= 0.3 is 0 Å². The molecule has 1 atom stereocenters. The van der Waals surface area contributed by atoms with Gasteiger partial charge in [0.05, 0.1) is 0 Å². The molecule has 1 aliphatic heterocycles. The van der Waals surface area contributed by atoms with Crippen LogP contribution >= 0.6 is 0 Å². The summed E-state index contributed by atoms with van der Waals surface area (Å²) in [6, 6.07) is 0.407. The van der Waals surface area contributed by atoms with Gasteiger partial charge in [-0.05, 0) is 5.41 Å². The summed E-state index contributed by atoms with van der Waals surface area (Å²) < 4.78 is 0. The molecule has 1 amide bonds. The molecule has 1 saturated heterocycles. The maximum absolute atomic E-state index is 10.4. The van der Waals surface area contributed by atoms with Crippen LogP contribution in [0.15, 0.2) is 0 Å². The van der Waals surface area contributed by atoms with Gasteiger partial charge in [0.15, 0.2) is 0 Å². The van der Waals surface area contributed by atoms with E-state index >= 15 is 0 Å². The Morgan fingerprint density at radius 3 is 2.11 bits per heavy atom. The Balaban J connectivity index is 2.40. The minimum Gasteiger partial charge on any atom is -0.352 e. The first kappa shape index (κ1) is 6.59. The molecule has 0 radical (unpaired) electrons. The van der Waals surface area contributed by atoms with Crippen molar-refractivity contribution in [2.45, 2.75) is 33.2 Å². The molecule has 0 saturated carbocycles. The molecular weight excluding hydrogens is 114 g/mol. The largest absolute Gasteiger partial charge is 0.352 e. The molecule has 2 nitrogen and oxygen atoms in total. The topological polar surface area (TPSA) is 29.1 Å². The molecule has 2 heteroatoms. The second-order valence-corrected chi connectivity index (χ2v) is 3.69. The molecule has 1 fully saturated rings. The van der Waals surface area contributed by atoms with E-state index in [0.29, 0.717) is 12.5 Å². The summed E-state index contributed by atoms with van der Waals surface area (Å²) in [4.78, 5) is 10.4. The Kier molecular flexibility index (Phi) is 1.26. The fraction of sp³-hybridized carbons (Fsp3) is 0.857. The van der Waals surface area contributed by atoms with E-state index in [-0.39, 0.29) is 11.3 Å². The molecule has 0 aliphatic carbocycles. The van der Waals surface area contributed by atoms with Crippen molar-refractivity contribution in [3.8, 4) is 0 Å².